The lowest BCUT2D eigenvalue weighted by Gasteiger charge is -2.36. The van der Waals surface area contributed by atoms with Crippen molar-refractivity contribution in [3.8, 4) is 5.13 Å². The third-order valence-corrected chi connectivity index (χ3v) is 7.80. The molecule has 13 heteroatoms. The van der Waals surface area contributed by atoms with Gasteiger partial charge in [0.1, 0.15) is 4.21 Å². The molecule has 0 radical (unpaired) electrons. The Morgan fingerprint density at radius 2 is 1.87 bits per heavy atom. The van der Waals surface area contributed by atoms with Crippen LogP contribution in [0, 0.1) is 6.92 Å². The number of piperazine rings is 1. The molecule has 0 spiro atoms. The van der Waals surface area contributed by atoms with E-state index < -0.39 is 18.7 Å². The summed E-state index contributed by atoms with van der Waals surface area (Å²) in [4.78, 5) is 20.1. The van der Waals surface area contributed by atoms with E-state index in [0.717, 1.165) is 9.11 Å². The standard InChI is InChI=1S/C18H23BrF3N5O2S2/c1-9(2)30-17-15(26-7-5-25(6-8-26)14(22)13(20)21)23-18(31-17)27-12(16(28)29-4)11(19)10(3)24-27/h9,13-14H,5-8H2,1-4H3. The maximum atomic E-state index is 13.7. The molecule has 7 nitrogen and oxygen atoms in total. The van der Waals surface area contributed by atoms with Crippen LogP contribution in [0.2, 0.25) is 0 Å². The van der Waals surface area contributed by atoms with Crippen LogP contribution in [-0.4, -0.2) is 76.9 Å². The van der Waals surface area contributed by atoms with Crippen LogP contribution in [0.1, 0.15) is 30.0 Å². The van der Waals surface area contributed by atoms with Crippen molar-refractivity contribution in [3.05, 3.63) is 15.9 Å². The molecule has 1 fully saturated rings. The van der Waals surface area contributed by atoms with E-state index in [1.165, 1.54) is 23.1 Å². The summed E-state index contributed by atoms with van der Waals surface area (Å²) in [7, 11) is 1.30. The minimum Gasteiger partial charge on any atom is -0.464 e. The molecule has 1 unspecified atom stereocenters. The number of methoxy groups -OCH3 is 1. The van der Waals surface area contributed by atoms with Crippen molar-refractivity contribution in [2.75, 3.05) is 38.2 Å². The molecule has 2 aromatic heterocycles. The number of ether oxygens (including phenoxy) is 1. The number of halogens is 4. The minimum absolute atomic E-state index is 0.171. The molecule has 1 saturated heterocycles. The van der Waals surface area contributed by atoms with E-state index >= 15 is 0 Å². The normalized spacial score (nSPS) is 16.4. The van der Waals surface area contributed by atoms with Gasteiger partial charge in [-0.15, -0.1) is 11.8 Å². The zero-order valence-electron chi connectivity index (χ0n) is 17.4. The van der Waals surface area contributed by atoms with Gasteiger partial charge in [-0.3, -0.25) is 4.90 Å². The molecule has 0 aliphatic carbocycles. The molecule has 31 heavy (non-hydrogen) atoms. The Kier molecular flexibility index (Phi) is 7.92. The molecule has 3 heterocycles. The Bertz CT molecular complexity index is 932. The first-order valence-electron chi connectivity index (χ1n) is 9.56. The molecule has 0 bridgehead atoms. The second-order valence-electron chi connectivity index (χ2n) is 7.16. The monoisotopic (exact) mass is 541 g/mol. The zero-order valence-corrected chi connectivity index (χ0v) is 20.7. The van der Waals surface area contributed by atoms with E-state index in [-0.39, 0.29) is 24.0 Å². The highest BCUT2D eigenvalue weighted by Gasteiger charge is 2.32. The van der Waals surface area contributed by atoms with Crippen molar-refractivity contribution in [2.24, 2.45) is 0 Å². The van der Waals surface area contributed by atoms with E-state index in [4.69, 9.17) is 9.72 Å². The lowest BCUT2D eigenvalue weighted by Crippen LogP contribution is -2.51. The molecule has 0 N–H and O–H groups in total. The number of alkyl halides is 3. The van der Waals surface area contributed by atoms with Crippen molar-refractivity contribution in [2.45, 2.75) is 43.0 Å². The third-order valence-electron chi connectivity index (χ3n) is 4.63. The van der Waals surface area contributed by atoms with E-state index in [1.807, 2.05) is 4.90 Å². The summed E-state index contributed by atoms with van der Waals surface area (Å²) >= 11 is 6.39. The number of thioether (sulfide) groups is 1. The van der Waals surface area contributed by atoms with Crippen LogP contribution < -0.4 is 4.90 Å². The van der Waals surface area contributed by atoms with Gasteiger partial charge in [0.05, 0.1) is 17.3 Å². The van der Waals surface area contributed by atoms with Crippen LogP contribution in [0.5, 0.6) is 0 Å². The van der Waals surface area contributed by atoms with Gasteiger partial charge in [0.25, 0.3) is 6.43 Å². The number of carbonyl (C=O) groups excluding carboxylic acids is 1. The molecule has 1 aliphatic heterocycles. The molecule has 1 atom stereocenters. The molecule has 0 saturated carbocycles. The number of hydrogen-bond donors (Lipinski definition) is 0. The van der Waals surface area contributed by atoms with Gasteiger partial charge in [0.15, 0.2) is 11.5 Å². The van der Waals surface area contributed by atoms with Crippen LogP contribution >= 0.6 is 39.0 Å². The number of rotatable bonds is 7. The quantitative estimate of drug-likeness (QED) is 0.293. The van der Waals surface area contributed by atoms with Crippen molar-refractivity contribution < 1.29 is 22.7 Å². The molecule has 172 valence electrons. The number of esters is 1. The summed E-state index contributed by atoms with van der Waals surface area (Å²) in [5, 5.41) is 5.19. The Morgan fingerprint density at radius 3 is 2.42 bits per heavy atom. The van der Waals surface area contributed by atoms with E-state index in [2.05, 4.69) is 34.9 Å². The number of hydrogen-bond acceptors (Lipinski definition) is 8. The van der Waals surface area contributed by atoms with Crippen LogP contribution in [0.15, 0.2) is 8.68 Å². The summed E-state index contributed by atoms with van der Waals surface area (Å²) < 4.78 is 46.9. The Balaban J connectivity index is 1.94. The fraction of sp³-hybridized carbons (Fsp3) is 0.611. The maximum absolute atomic E-state index is 13.7. The molecule has 0 aromatic carbocycles. The fourth-order valence-electron chi connectivity index (χ4n) is 3.13. The van der Waals surface area contributed by atoms with Crippen molar-refractivity contribution in [1.29, 1.82) is 0 Å². The first-order valence-corrected chi connectivity index (χ1v) is 12.1. The third kappa shape index (κ3) is 5.20. The number of nitrogens with zero attached hydrogens (tertiary/aromatic N) is 5. The predicted molar refractivity (Wildman–Crippen MR) is 119 cm³/mol. The van der Waals surface area contributed by atoms with Crippen LogP contribution in [-0.2, 0) is 4.74 Å². The smallest absolute Gasteiger partial charge is 0.358 e. The number of carbonyl (C=O) groups is 1. The molecule has 2 aromatic rings. The van der Waals surface area contributed by atoms with Gasteiger partial charge in [0.2, 0.25) is 11.4 Å². The Labute approximate surface area is 195 Å². The molecule has 0 amide bonds. The average Bonchev–Trinajstić information content (AvgIpc) is 3.27. The highest BCUT2D eigenvalue weighted by Crippen LogP contribution is 2.40. The summed E-state index contributed by atoms with van der Waals surface area (Å²) in [6.07, 6.45) is -5.28. The van der Waals surface area contributed by atoms with Crippen LogP contribution in [0.4, 0.5) is 19.0 Å². The van der Waals surface area contributed by atoms with Gasteiger partial charge in [-0.2, -0.15) is 14.8 Å². The van der Waals surface area contributed by atoms with Gasteiger partial charge < -0.3 is 9.64 Å². The number of thiazole rings is 1. The molecule has 3 rings (SSSR count). The van der Waals surface area contributed by atoms with E-state index in [9.17, 15) is 18.0 Å². The van der Waals surface area contributed by atoms with Gasteiger partial charge in [-0.05, 0) is 22.9 Å². The lowest BCUT2D eigenvalue weighted by molar-refractivity contribution is -0.0506. The van der Waals surface area contributed by atoms with E-state index in [0.29, 0.717) is 34.2 Å². The summed E-state index contributed by atoms with van der Waals surface area (Å²) in [6, 6.07) is 0. The average molecular weight is 542 g/mol. The number of aromatic nitrogens is 3. The first-order chi connectivity index (χ1) is 14.6. The topological polar surface area (TPSA) is 63.5 Å². The fourth-order valence-corrected chi connectivity index (χ4v) is 6.02. The van der Waals surface area contributed by atoms with Crippen molar-refractivity contribution in [3.63, 3.8) is 0 Å². The Morgan fingerprint density at radius 1 is 1.23 bits per heavy atom. The van der Waals surface area contributed by atoms with Crippen LogP contribution in [0.25, 0.3) is 5.13 Å². The Hall–Kier alpha value is -1.31. The lowest BCUT2D eigenvalue weighted by atomic mass is 10.3. The predicted octanol–water partition coefficient (Wildman–Crippen LogP) is 4.37. The minimum atomic E-state index is -3.03. The molecular weight excluding hydrogens is 519 g/mol. The van der Waals surface area contributed by atoms with Gasteiger partial charge in [-0.1, -0.05) is 25.2 Å². The number of aryl methyl sites for hydroxylation is 1. The second-order valence-corrected chi connectivity index (χ2v) is 10.8. The highest BCUT2D eigenvalue weighted by molar-refractivity contribution is 9.10. The van der Waals surface area contributed by atoms with Gasteiger partial charge in [-0.25, -0.2) is 18.0 Å². The summed E-state index contributed by atoms with van der Waals surface area (Å²) in [5.41, 5.74) is 0.855. The summed E-state index contributed by atoms with van der Waals surface area (Å²) in [5.74, 6) is 0.141. The summed E-state index contributed by atoms with van der Waals surface area (Å²) in [6.45, 7) is 6.95. The maximum Gasteiger partial charge on any atom is 0.358 e. The van der Waals surface area contributed by atoms with Crippen LogP contribution in [0.3, 0.4) is 0 Å². The van der Waals surface area contributed by atoms with Crippen molar-refractivity contribution >= 4 is 50.8 Å². The zero-order chi connectivity index (χ0) is 22.9. The van der Waals surface area contributed by atoms with Gasteiger partial charge in [0, 0.05) is 31.4 Å². The number of anilines is 1. The first kappa shape index (κ1) is 24.3. The van der Waals surface area contributed by atoms with Crippen molar-refractivity contribution in [1.82, 2.24) is 19.7 Å². The molecule has 1 aliphatic rings. The molecular formula is C18H23BrF3N5O2S2. The van der Waals surface area contributed by atoms with E-state index in [1.54, 1.807) is 18.7 Å². The highest BCUT2D eigenvalue weighted by atomic mass is 79.9. The SMILES string of the molecule is COC(=O)c1c(Br)c(C)nn1-c1nc(N2CCN(C(F)C(F)F)CC2)c(SC(C)C)s1. The second kappa shape index (κ2) is 10.1. The van der Waals surface area contributed by atoms with Gasteiger partial charge >= 0.3 is 5.97 Å². The largest absolute Gasteiger partial charge is 0.464 e.